The Balaban J connectivity index is 1.81. The molecule has 2 fully saturated rings. The van der Waals surface area contributed by atoms with Crippen LogP contribution in [0.1, 0.15) is 28.9 Å². The van der Waals surface area contributed by atoms with Crippen molar-refractivity contribution in [3.05, 3.63) is 33.7 Å². The summed E-state index contributed by atoms with van der Waals surface area (Å²) in [5.41, 5.74) is 0.661. The largest absolute Gasteiger partial charge is 0.364 e. The van der Waals surface area contributed by atoms with Gasteiger partial charge < -0.3 is 19.4 Å². The highest BCUT2D eigenvalue weighted by molar-refractivity contribution is 5.93. The second-order valence-corrected chi connectivity index (χ2v) is 5.33. The zero-order valence-electron chi connectivity index (χ0n) is 11.5. The molecule has 0 unspecified atom stereocenters. The average molecular weight is 278 g/mol. The number of pyridine rings is 1. The fourth-order valence-electron chi connectivity index (χ4n) is 2.80. The summed E-state index contributed by atoms with van der Waals surface area (Å²) in [5.74, 6) is -0.921. The summed E-state index contributed by atoms with van der Waals surface area (Å²) in [6.07, 6.45) is 3.09. The van der Waals surface area contributed by atoms with Crippen LogP contribution in [0.3, 0.4) is 0 Å². The van der Waals surface area contributed by atoms with E-state index in [1.165, 1.54) is 12.3 Å². The van der Waals surface area contributed by atoms with Crippen molar-refractivity contribution in [1.82, 2.24) is 9.88 Å². The molecule has 0 aromatic carbocycles. The van der Waals surface area contributed by atoms with E-state index >= 15 is 0 Å². The van der Waals surface area contributed by atoms with E-state index in [0.717, 1.165) is 18.5 Å². The molecule has 1 amide bonds. The molecule has 0 saturated carbocycles. The molecule has 3 heterocycles. The number of carbonyl (C=O) groups excluding carboxylic acids is 1. The lowest BCUT2D eigenvalue weighted by Crippen LogP contribution is -2.51. The fraction of sp³-hybridized carbons (Fsp3) is 0.571. The highest BCUT2D eigenvalue weighted by Crippen LogP contribution is 2.30. The lowest BCUT2D eigenvalue weighted by molar-refractivity contribution is -0.183. The Morgan fingerprint density at radius 3 is 2.85 bits per heavy atom. The molecule has 2 aliphatic heterocycles. The number of nitrogens with one attached hydrogen (secondary N) is 1. The van der Waals surface area contributed by atoms with E-state index in [4.69, 9.17) is 9.47 Å². The number of hydrogen-bond acceptors (Lipinski definition) is 4. The monoisotopic (exact) mass is 278 g/mol. The van der Waals surface area contributed by atoms with Crippen LogP contribution >= 0.6 is 0 Å². The SMILES string of the molecule is Cc1cc(=O)c(C(=O)N2CCCC3(C2)OCCO3)c[nH]1. The molecular weight excluding hydrogens is 260 g/mol. The quantitative estimate of drug-likeness (QED) is 0.819. The van der Waals surface area contributed by atoms with Gasteiger partial charge in [0.25, 0.3) is 5.91 Å². The fourth-order valence-corrected chi connectivity index (χ4v) is 2.80. The van der Waals surface area contributed by atoms with E-state index in [1.807, 2.05) is 0 Å². The van der Waals surface area contributed by atoms with Crippen LogP contribution in [-0.4, -0.2) is 47.9 Å². The highest BCUT2D eigenvalue weighted by atomic mass is 16.7. The highest BCUT2D eigenvalue weighted by Gasteiger charge is 2.42. The first-order valence-electron chi connectivity index (χ1n) is 6.86. The number of amides is 1. The predicted octanol–water partition coefficient (Wildman–Crippen LogP) is 0.662. The second-order valence-electron chi connectivity index (χ2n) is 5.33. The van der Waals surface area contributed by atoms with Crippen LogP contribution in [0.2, 0.25) is 0 Å². The summed E-state index contributed by atoms with van der Waals surface area (Å²) in [7, 11) is 0. The minimum atomic E-state index is -0.661. The Labute approximate surface area is 116 Å². The number of H-pyrrole nitrogens is 1. The van der Waals surface area contributed by atoms with Crippen molar-refractivity contribution in [2.24, 2.45) is 0 Å². The van der Waals surface area contributed by atoms with Gasteiger partial charge in [-0.05, 0) is 13.3 Å². The Morgan fingerprint density at radius 1 is 1.40 bits per heavy atom. The molecule has 6 nitrogen and oxygen atoms in total. The third-order valence-corrected chi connectivity index (χ3v) is 3.81. The lowest BCUT2D eigenvalue weighted by Gasteiger charge is -2.38. The summed E-state index contributed by atoms with van der Waals surface area (Å²) >= 11 is 0. The maximum absolute atomic E-state index is 12.5. The van der Waals surface area contributed by atoms with Gasteiger partial charge in [0.1, 0.15) is 5.56 Å². The summed E-state index contributed by atoms with van der Waals surface area (Å²) < 4.78 is 11.3. The second kappa shape index (κ2) is 5.03. The van der Waals surface area contributed by atoms with Crippen molar-refractivity contribution in [1.29, 1.82) is 0 Å². The van der Waals surface area contributed by atoms with Gasteiger partial charge >= 0.3 is 0 Å². The molecule has 0 aliphatic carbocycles. The molecule has 3 rings (SSSR count). The van der Waals surface area contributed by atoms with Gasteiger partial charge in [0, 0.05) is 30.9 Å². The zero-order chi connectivity index (χ0) is 14.2. The molecule has 1 spiro atoms. The van der Waals surface area contributed by atoms with Gasteiger partial charge in [-0.1, -0.05) is 0 Å². The first-order chi connectivity index (χ1) is 9.60. The zero-order valence-corrected chi connectivity index (χ0v) is 11.5. The number of aryl methyl sites for hydroxylation is 1. The molecule has 1 aromatic heterocycles. The van der Waals surface area contributed by atoms with Crippen LogP contribution in [0.25, 0.3) is 0 Å². The summed E-state index contributed by atoms with van der Waals surface area (Å²) in [6.45, 7) is 3.92. The number of ether oxygens (including phenoxy) is 2. The van der Waals surface area contributed by atoms with E-state index in [2.05, 4.69) is 4.98 Å². The van der Waals surface area contributed by atoms with Crippen LogP contribution in [0.5, 0.6) is 0 Å². The van der Waals surface area contributed by atoms with Crippen molar-refractivity contribution in [3.8, 4) is 0 Å². The Kier molecular flexibility index (Phi) is 3.35. The number of carbonyl (C=O) groups is 1. The molecule has 1 aromatic rings. The van der Waals surface area contributed by atoms with Crippen molar-refractivity contribution < 1.29 is 14.3 Å². The summed E-state index contributed by atoms with van der Waals surface area (Å²) in [4.78, 5) is 28.9. The molecule has 1 N–H and O–H groups in total. The number of aromatic amines is 1. The summed E-state index contributed by atoms with van der Waals surface area (Å²) in [6, 6.07) is 1.44. The van der Waals surface area contributed by atoms with Crippen molar-refractivity contribution in [2.75, 3.05) is 26.3 Å². The standard InChI is InChI=1S/C14H18N2O4/c1-10-7-12(17)11(8-15-10)13(18)16-4-2-3-14(9-16)19-5-6-20-14/h7-8H,2-6,9H2,1H3,(H,15,17). The van der Waals surface area contributed by atoms with Gasteiger partial charge in [0.15, 0.2) is 11.2 Å². The van der Waals surface area contributed by atoms with Crippen LogP contribution in [-0.2, 0) is 9.47 Å². The van der Waals surface area contributed by atoms with E-state index in [-0.39, 0.29) is 16.9 Å². The van der Waals surface area contributed by atoms with Crippen LogP contribution < -0.4 is 5.43 Å². The van der Waals surface area contributed by atoms with E-state index < -0.39 is 5.79 Å². The van der Waals surface area contributed by atoms with Gasteiger partial charge in [0.05, 0.1) is 19.8 Å². The van der Waals surface area contributed by atoms with Crippen LogP contribution in [0.4, 0.5) is 0 Å². The number of piperidine rings is 1. The third-order valence-electron chi connectivity index (χ3n) is 3.81. The maximum atomic E-state index is 12.5. The molecule has 2 aliphatic rings. The number of aromatic nitrogens is 1. The first kappa shape index (κ1) is 13.3. The minimum absolute atomic E-state index is 0.172. The predicted molar refractivity (Wildman–Crippen MR) is 71.6 cm³/mol. The van der Waals surface area contributed by atoms with Crippen LogP contribution in [0.15, 0.2) is 17.1 Å². The molecule has 0 bridgehead atoms. The van der Waals surface area contributed by atoms with Gasteiger partial charge in [-0.25, -0.2) is 0 Å². The molecule has 6 heteroatoms. The van der Waals surface area contributed by atoms with E-state index in [0.29, 0.717) is 26.3 Å². The first-order valence-corrected chi connectivity index (χ1v) is 6.86. The normalized spacial score (nSPS) is 21.4. The summed E-state index contributed by atoms with van der Waals surface area (Å²) in [5, 5.41) is 0. The number of nitrogens with zero attached hydrogens (tertiary/aromatic N) is 1. The van der Waals surface area contributed by atoms with Crippen molar-refractivity contribution in [2.45, 2.75) is 25.6 Å². The number of rotatable bonds is 1. The van der Waals surface area contributed by atoms with E-state index in [9.17, 15) is 9.59 Å². The van der Waals surface area contributed by atoms with E-state index in [1.54, 1.807) is 11.8 Å². The smallest absolute Gasteiger partial charge is 0.259 e. The third kappa shape index (κ3) is 2.36. The van der Waals surface area contributed by atoms with Gasteiger partial charge in [-0.15, -0.1) is 0 Å². The van der Waals surface area contributed by atoms with Gasteiger partial charge in [-0.2, -0.15) is 0 Å². The van der Waals surface area contributed by atoms with Gasteiger partial charge in [0.2, 0.25) is 0 Å². The average Bonchev–Trinajstić information content (AvgIpc) is 2.86. The molecule has 20 heavy (non-hydrogen) atoms. The Bertz CT molecular complexity index is 575. The van der Waals surface area contributed by atoms with Crippen molar-refractivity contribution >= 4 is 5.91 Å². The molecular formula is C14H18N2O4. The van der Waals surface area contributed by atoms with Crippen LogP contribution in [0, 0.1) is 6.92 Å². The molecule has 108 valence electrons. The molecule has 0 radical (unpaired) electrons. The van der Waals surface area contributed by atoms with Gasteiger partial charge in [-0.3, -0.25) is 9.59 Å². The molecule has 2 saturated heterocycles. The Hall–Kier alpha value is -1.66. The number of hydrogen-bond donors (Lipinski definition) is 1. The number of likely N-dealkylation sites (tertiary alicyclic amines) is 1. The van der Waals surface area contributed by atoms with Crippen molar-refractivity contribution in [3.63, 3.8) is 0 Å². The lowest BCUT2D eigenvalue weighted by atomic mass is 10.0. The Morgan fingerprint density at radius 2 is 2.15 bits per heavy atom. The topological polar surface area (TPSA) is 71.6 Å². The minimum Gasteiger partial charge on any atom is -0.364 e. The maximum Gasteiger partial charge on any atom is 0.259 e. The molecule has 0 atom stereocenters.